The molecule has 142 valence electrons. The highest BCUT2D eigenvalue weighted by molar-refractivity contribution is 6.05. The molecule has 29 heavy (non-hydrogen) atoms. The number of halogens is 1. The number of phenolic OH excluding ortho intramolecular Hbond substituents is 1. The highest BCUT2D eigenvalue weighted by Crippen LogP contribution is 2.35. The van der Waals surface area contributed by atoms with Crippen molar-refractivity contribution in [2.75, 3.05) is 5.32 Å². The molecule has 2 aromatic carbocycles. The number of hydrogen-bond acceptors (Lipinski definition) is 6. The van der Waals surface area contributed by atoms with Crippen LogP contribution in [0.1, 0.15) is 21.5 Å². The number of hydrogen-bond donors (Lipinski definition) is 2. The minimum absolute atomic E-state index is 0.0564. The average Bonchev–Trinajstić information content (AvgIpc) is 3.14. The third-order valence-electron chi connectivity index (χ3n) is 4.30. The van der Waals surface area contributed by atoms with Gasteiger partial charge in [-0.15, -0.1) is 0 Å². The highest BCUT2D eigenvalue weighted by atomic mass is 19.1. The molecule has 2 heterocycles. The molecule has 2 aromatic heterocycles. The fourth-order valence-electron chi connectivity index (χ4n) is 2.87. The average molecular weight is 388 g/mol. The van der Waals surface area contributed by atoms with Crippen molar-refractivity contribution in [1.82, 2.24) is 9.97 Å². The number of oxazole rings is 1. The summed E-state index contributed by atoms with van der Waals surface area (Å²) in [7, 11) is 0. The lowest BCUT2D eigenvalue weighted by molar-refractivity contribution is 0.102. The lowest BCUT2D eigenvalue weighted by atomic mass is 10.1. The van der Waals surface area contributed by atoms with Crippen LogP contribution in [0.4, 0.5) is 10.1 Å². The van der Waals surface area contributed by atoms with Gasteiger partial charge < -0.3 is 14.8 Å². The summed E-state index contributed by atoms with van der Waals surface area (Å²) >= 11 is 0. The number of nitrogens with zero attached hydrogens (tertiary/aromatic N) is 3. The van der Waals surface area contributed by atoms with Crippen LogP contribution in [0.25, 0.3) is 22.7 Å². The second-order valence-corrected chi connectivity index (χ2v) is 6.29. The zero-order valence-electron chi connectivity index (χ0n) is 15.1. The van der Waals surface area contributed by atoms with E-state index in [2.05, 4.69) is 15.3 Å². The van der Waals surface area contributed by atoms with Crippen molar-refractivity contribution < 1.29 is 18.7 Å². The SMILES string of the molecule is Cc1cc(NC(=O)c2ccc(C#N)cc2F)cc(-c2nc3ncccc3o2)c1O. The van der Waals surface area contributed by atoms with Gasteiger partial charge in [-0.25, -0.2) is 9.37 Å². The Balaban J connectivity index is 1.70. The van der Waals surface area contributed by atoms with E-state index in [9.17, 15) is 14.3 Å². The van der Waals surface area contributed by atoms with Crippen molar-refractivity contribution in [3.05, 3.63) is 71.2 Å². The molecule has 1 amide bonds. The fourth-order valence-corrected chi connectivity index (χ4v) is 2.87. The van der Waals surface area contributed by atoms with Gasteiger partial charge in [0.2, 0.25) is 5.89 Å². The summed E-state index contributed by atoms with van der Waals surface area (Å²) in [5, 5.41) is 21.8. The van der Waals surface area contributed by atoms with Crippen LogP contribution in [0.3, 0.4) is 0 Å². The normalized spacial score (nSPS) is 10.7. The molecule has 0 radical (unpaired) electrons. The third kappa shape index (κ3) is 3.37. The van der Waals surface area contributed by atoms with Gasteiger partial charge in [-0.05, 0) is 55.0 Å². The Kier molecular flexibility index (Phi) is 4.41. The Hall–Kier alpha value is -4.25. The Bertz CT molecular complexity index is 1270. The molecular weight excluding hydrogens is 375 g/mol. The van der Waals surface area contributed by atoms with Crippen molar-refractivity contribution >= 4 is 22.8 Å². The van der Waals surface area contributed by atoms with E-state index in [1.807, 2.05) is 6.07 Å². The maximum absolute atomic E-state index is 14.1. The fraction of sp³-hybridized carbons (Fsp3) is 0.0476. The molecule has 0 bridgehead atoms. The number of rotatable bonds is 3. The minimum atomic E-state index is -0.803. The maximum atomic E-state index is 14.1. The van der Waals surface area contributed by atoms with Gasteiger partial charge in [-0.2, -0.15) is 10.2 Å². The highest BCUT2D eigenvalue weighted by Gasteiger charge is 2.18. The molecule has 0 saturated carbocycles. The van der Waals surface area contributed by atoms with Crippen molar-refractivity contribution in [3.8, 4) is 23.3 Å². The van der Waals surface area contributed by atoms with Gasteiger partial charge in [0.15, 0.2) is 11.2 Å². The Morgan fingerprint density at radius 3 is 2.83 bits per heavy atom. The number of fused-ring (bicyclic) bond motifs is 1. The van der Waals surface area contributed by atoms with Gasteiger partial charge in [0, 0.05) is 11.9 Å². The summed E-state index contributed by atoms with van der Waals surface area (Å²) in [5.74, 6) is -1.41. The number of aromatic nitrogens is 2. The van der Waals surface area contributed by atoms with Crippen molar-refractivity contribution in [2.24, 2.45) is 0 Å². The molecule has 0 aliphatic heterocycles. The quantitative estimate of drug-likeness (QED) is 0.510. The summed E-state index contributed by atoms with van der Waals surface area (Å²) in [6.07, 6.45) is 1.57. The molecule has 0 atom stereocenters. The standard InChI is InChI=1S/C21H13FN4O3/c1-11-7-13(25-20(28)14-5-4-12(10-23)8-16(14)22)9-15(18(11)27)21-26-19-17(29-21)3-2-6-24-19/h2-9,27H,1H3,(H,25,28). The molecule has 0 fully saturated rings. The van der Waals surface area contributed by atoms with Gasteiger partial charge in [-0.1, -0.05) is 0 Å². The number of phenols is 1. The van der Waals surface area contributed by atoms with E-state index in [0.717, 1.165) is 6.07 Å². The van der Waals surface area contributed by atoms with Crippen LogP contribution < -0.4 is 5.32 Å². The molecule has 2 N–H and O–H groups in total. The lowest BCUT2D eigenvalue weighted by Crippen LogP contribution is -2.14. The Morgan fingerprint density at radius 1 is 1.28 bits per heavy atom. The van der Waals surface area contributed by atoms with E-state index in [1.165, 1.54) is 18.2 Å². The predicted molar refractivity (Wildman–Crippen MR) is 103 cm³/mol. The number of aryl methyl sites for hydroxylation is 1. The van der Waals surface area contributed by atoms with Crippen molar-refractivity contribution in [1.29, 1.82) is 5.26 Å². The number of pyridine rings is 1. The van der Waals surface area contributed by atoms with Crippen LogP contribution in [0.2, 0.25) is 0 Å². The molecule has 8 heteroatoms. The first-order valence-corrected chi connectivity index (χ1v) is 8.53. The van der Waals surface area contributed by atoms with Crippen molar-refractivity contribution in [2.45, 2.75) is 6.92 Å². The van der Waals surface area contributed by atoms with Gasteiger partial charge in [-0.3, -0.25) is 4.79 Å². The van der Waals surface area contributed by atoms with E-state index >= 15 is 0 Å². The monoisotopic (exact) mass is 388 g/mol. The van der Waals surface area contributed by atoms with Crippen LogP contribution in [-0.4, -0.2) is 21.0 Å². The number of nitriles is 1. The van der Waals surface area contributed by atoms with E-state index in [0.29, 0.717) is 22.5 Å². The number of amides is 1. The Morgan fingerprint density at radius 2 is 2.10 bits per heavy atom. The number of benzene rings is 2. The summed E-state index contributed by atoms with van der Waals surface area (Å²) in [5.41, 5.74) is 1.79. The molecule has 4 aromatic rings. The summed E-state index contributed by atoms with van der Waals surface area (Å²) in [6.45, 7) is 1.65. The first-order valence-electron chi connectivity index (χ1n) is 8.53. The van der Waals surface area contributed by atoms with Gasteiger partial charge in [0.1, 0.15) is 11.6 Å². The number of nitrogens with one attached hydrogen (secondary N) is 1. The molecule has 0 unspecified atom stereocenters. The number of aromatic hydroxyl groups is 1. The smallest absolute Gasteiger partial charge is 0.258 e. The van der Waals surface area contributed by atoms with E-state index in [1.54, 1.807) is 31.3 Å². The topological polar surface area (TPSA) is 112 Å². The van der Waals surface area contributed by atoms with E-state index in [-0.39, 0.29) is 28.3 Å². The minimum Gasteiger partial charge on any atom is -0.507 e. The van der Waals surface area contributed by atoms with E-state index in [4.69, 9.17) is 9.68 Å². The van der Waals surface area contributed by atoms with Crippen molar-refractivity contribution in [3.63, 3.8) is 0 Å². The van der Waals surface area contributed by atoms with Gasteiger partial charge in [0.05, 0.1) is 22.8 Å². The van der Waals surface area contributed by atoms with Crippen LogP contribution in [-0.2, 0) is 0 Å². The van der Waals surface area contributed by atoms with Crippen LogP contribution in [0.5, 0.6) is 5.75 Å². The number of carbonyl (C=O) groups is 1. The third-order valence-corrected chi connectivity index (χ3v) is 4.30. The molecule has 7 nitrogen and oxygen atoms in total. The molecular formula is C21H13FN4O3. The first-order chi connectivity index (χ1) is 14.0. The zero-order valence-corrected chi connectivity index (χ0v) is 15.1. The lowest BCUT2D eigenvalue weighted by Gasteiger charge is -2.11. The second-order valence-electron chi connectivity index (χ2n) is 6.29. The van der Waals surface area contributed by atoms with Gasteiger partial charge in [0.25, 0.3) is 5.91 Å². The van der Waals surface area contributed by atoms with E-state index < -0.39 is 11.7 Å². The summed E-state index contributed by atoms with van der Waals surface area (Å²) < 4.78 is 19.8. The summed E-state index contributed by atoms with van der Waals surface area (Å²) in [6, 6.07) is 11.8. The van der Waals surface area contributed by atoms with Crippen LogP contribution >= 0.6 is 0 Å². The van der Waals surface area contributed by atoms with Crippen LogP contribution in [0, 0.1) is 24.1 Å². The molecule has 0 saturated heterocycles. The van der Waals surface area contributed by atoms with Crippen LogP contribution in [0.15, 0.2) is 53.1 Å². The molecule has 0 spiro atoms. The second kappa shape index (κ2) is 7.05. The van der Waals surface area contributed by atoms with Gasteiger partial charge >= 0.3 is 0 Å². The summed E-state index contributed by atoms with van der Waals surface area (Å²) in [4.78, 5) is 20.8. The maximum Gasteiger partial charge on any atom is 0.258 e. The zero-order chi connectivity index (χ0) is 20.5. The molecule has 0 aliphatic carbocycles. The predicted octanol–water partition coefficient (Wildman–Crippen LogP) is 4.17. The number of carbonyl (C=O) groups excluding carboxylic acids is 1. The number of anilines is 1. The molecule has 0 aliphatic rings. The molecule has 4 rings (SSSR count). The largest absolute Gasteiger partial charge is 0.507 e. The Labute approximate surface area is 164 Å². The first kappa shape index (κ1) is 18.1.